The van der Waals surface area contributed by atoms with E-state index in [1.807, 2.05) is 0 Å². The largest absolute Gasteiger partial charge is 0.139 e. The summed E-state index contributed by atoms with van der Waals surface area (Å²) in [6.07, 6.45) is 0. The summed E-state index contributed by atoms with van der Waals surface area (Å²) in [5.74, 6) is 0. The average molecular weight is 375 g/mol. The maximum absolute atomic E-state index is 2.45. The van der Waals surface area contributed by atoms with Crippen LogP contribution in [0.4, 0.5) is 0 Å². The van der Waals surface area contributed by atoms with Gasteiger partial charge in [0.2, 0.25) is 0 Å². The molecule has 3 aromatic carbocycles. The van der Waals surface area contributed by atoms with Gasteiger partial charge in [-0.1, -0.05) is 145 Å². The van der Waals surface area contributed by atoms with Crippen molar-refractivity contribution < 1.29 is 0 Å². The Morgan fingerprint density at radius 1 is 0.462 bits per heavy atom. The summed E-state index contributed by atoms with van der Waals surface area (Å²) in [5.41, 5.74) is 0. The van der Waals surface area contributed by atoms with Crippen LogP contribution in [0.25, 0.3) is 0 Å². The van der Waals surface area contributed by atoms with Gasteiger partial charge in [-0.15, -0.1) is 0 Å². The molecule has 0 heterocycles. The van der Waals surface area contributed by atoms with E-state index in [4.69, 9.17) is 0 Å². The lowest BCUT2D eigenvalue weighted by Crippen LogP contribution is -2.82. The molecule has 2 heteroatoms. The molecule has 0 spiro atoms. The molecule has 0 N–H and O–H groups in total. The summed E-state index contributed by atoms with van der Waals surface area (Å²) < 4.78 is 0. The van der Waals surface area contributed by atoms with Gasteiger partial charge in [-0.2, -0.15) is 0 Å². The minimum atomic E-state index is -2.06. The van der Waals surface area contributed by atoms with Gasteiger partial charge in [0.25, 0.3) is 0 Å². The smallest absolute Gasteiger partial charge is 0.0679 e. The highest BCUT2D eigenvalue weighted by Crippen LogP contribution is 2.31. The van der Waals surface area contributed by atoms with Crippen molar-refractivity contribution in [2.75, 3.05) is 0 Å². The van der Waals surface area contributed by atoms with Crippen LogP contribution in [0, 0.1) is 0 Å². The van der Waals surface area contributed by atoms with Gasteiger partial charge in [-0.25, -0.2) is 0 Å². The lowest BCUT2D eigenvalue weighted by Gasteiger charge is -2.48. The van der Waals surface area contributed by atoms with E-state index < -0.39 is 15.2 Å². The first-order valence-electron chi connectivity index (χ1n) is 9.91. The van der Waals surface area contributed by atoms with E-state index in [0.29, 0.717) is 0 Å². The Morgan fingerprint density at radius 3 is 0.962 bits per heavy atom. The van der Waals surface area contributed by atoms with Gasteiger partial charge in [-0.3, -0.25) is 0 Å². The van der Waals surface area contributed by atoms with Crippen LogP contribution in [-0.4, -0.2) is 15.2 Å². The zero-order chi connectivity index (χ0) is 18.5. The fourth-order valence-electron chi connectivity index (χ4n) is 5.03. The van der Waals surface area contributed by atoms with E-state index in [9.17, 15) is 0 Å². The van der Waals surface area contributed by atoms with Crippen LogP contribution in [0.2, 0.25) is 18.1 Å². The Bertz CT molecular complexity index is 688. The molecular formula is C24H30Si2. The van der Waals surface area contributed by atoms with Crippen LogP contribution < -0.4 is 15.6 Å². The molecule has 26 heavy (non-hydrogen) atoms. The molecule has 3 rings (SSSR count). The van der Waals surface area contributed by atoms with E-state index in [-0.39, 0.29) is 0 Å². The topological polar surface area (TPSA) is 0 Å². The average Bonchev–Trinajstić information content (AvgIpc) is 2.74. The molecule has 0 unspecified atom stereocenters. The van der Waals surface area contributed by atoms with E-state index in [1.165, 1.54) is 18.1 Å². The number of hydrogen-bond donors (Lipinski definition) is 0. The van der Waals surface area contributed by atoms with E-state index in [2.05, 4.69) is 112 Å². The van der Waals surface area contributed by atoms with Crippen molar-refractivity contribution in [3.05, 3.63) is 91.0 Å². The predicted molar refractivity (Wildman–Crippen MR) is 121 cm³/mol. The second-order valence-corrected chi connectivity index (χ2v) is 20.5. The first kappa shape index (κ1) is 18.9. The molecular weight excluding hydrogens is 344 g/mol. The first-order chi connectivity index (χ1) is 12.7. The van der Waals surface area contributed by atoms with E-state index >= 15 is 0 Å². The Labute approximate surface area is 160 Å². The maximum Gasteiger partial charge on any atom is 0.139 e. The summed E-state index contributed by atoms with van der Waals surface area (Å²) in [5, 5.41) is 4.78. The van der Waals surface area contributed by atoms with Gasteiger partial charge in [0.15, 0.2) is 0 Å². The standard InChI is InChI=1S/C24H30Si2/c1-4-25(5-2,6-3)26(22-16-10-7-11-17-22,23-18-12-8-13-19-23)24-20-14-9-15-21-24/h7-21H,4-6H2,1-3H3. The summed E-state index contributed by atoms with van der Waals surface area (Å²) >= 11 is 0. The van der Waals surface area contributed by atoms with Gasteiger partial charge >= 0.3 is 0 Å². The SMILES string of the molecule is CC[Si](CC)(CC)[Si](c1ccccc1)(c1ccccc1)c1ccccc1. The summed E-state index contributed by atoms with van der Waals surface area (Å²) in [6, 6.07) is 38.4. The quantitative estimate of drug-likeness (QED) is 0.414. The Hall–Kier alpha value is -1.91. The van der Waals surface area contributed by atoms with Crippen molar-refractivity contribution in [3.8, 4) is 0 Å². The minimum absolute atomic E-state index is 1.34. The highest BCUT2D eigenvalue weighted by atomic mass is 29.3. The van der Waals surface area contributed by atoms with Crippen molar-refractivity contribution >= 4 is 30.7 Å². The van der Waals surface area contributed by atoms with Crippen LogP contribution in [0.1, 0.15) is 20.8 Å². The molecule has 0 saturated heterocycles. The Morgan fingerprint density at radius 2 is 0.731 bits per heavy atom. The number of benzene rings is 3. The van der Waals surface area contributed by atoms with Crippen molar-refractivity contribution in [2.24, 2.45) is 0 Å². The highest BCUT2D eigenvalue weighted by Gasteiger charge is 2.54. The molecule has 0 atom stereocenters. The molecule has 0 aliphatic heterocycles. The monoisotopic (exact) mass is 374 g/mol. The normalized spacial score (nSPS) is 12.1. The second kappa shape index (κ2) is 8.19. The van der Waals surface area contributed by atoms with E-state index in [1.54, 1.807) is 15.6 Å². The van der Waals surface area contributed by atoms with Crippen LogP contribution in [-0.2, 0) is 0 Å². The zero-order valence-electron chi connectivity index (χ0n) is 16.3. The molecule has 0 bridgehead atoms. The van der Waals surface area contributed by atoms with Crippen LogP contribution in [0.3, 0.4) is 0 Å². The van der Waals surface area contributed by atoms with Crippen molar-refractivity contribution in [1.82, 2.24) is 0 Å². The van der Waals surface area contributed by atoms with E-state index in [0.717, 1.165) is 0 Å². The molecule has 0 fully saturated rings. The molecule has 134 valence electrons. The van der Waals surface area contributed by atoms with Gasteiger partial charge in [-0.05, 0) is 0 Å². The number of rotatable bonds is 7. The second-order valence-electron chi connectivity index (χ2n) is 7.19. The van der Waals surface area contributed by atoms with Gasteiger partial charge in [0, 0.05) is 0 Å². The summed E-state index contributed by atoms with van der Waals surface area (Å²) in [7, 11) is -3.65. The zero-order valence-corrected chi connectivity index (χ0v) is 18.3. The summed E-state index contributed by atoms with van der Waals surface area (Å²) in [6.45, 7) is 7.36. The molecule has 0 amide bonds. The van der Waals surface area contributed by atoms with Gasteiger partial charge < -0.3 is 0 Å². The number of hydrogen-bond acceptors (Lipinski definition) is 0. The molecule has 3 aromatic rings. The van der Waals surface area contributed by atoms with Crippen LogP contribution in [0.5, 0.6) is 0 Å². The molecule has 0 radical (unpaired) electrons. The first-order valence-corrected chi connectivity index (χ1v) is 15.5. The molecule has 0 aliphatic carbocycles. The Balaban J connectivity index is 2.47. The van der Waals surface area contributed by atoms with Gasteiger partial charge in [0.05, 0.1) is 7.59 Å². The van der Waals surface area contributed by atoms with Crippen LogP contribution in [0.15, 0.2) is 91.0 Å². The van der Waals surface area contributed by atoms with Crippen LogP contribution >= 0.6 is 0 Å². The third-order valence-corrected chi connectivity index (χ3v) is 26.2. The molecule has 0 nitrogen and oxygen atoms in total. The summed E-state index contributed by atoms with van der Waals surface area (Å²) in [4.78, 5) is 0. The fourth-order valence-corrected chi connectivity index (χ4v) is 24.8. The third-order valence-electron chi connectivity index (χ3n) is 6.45. The Kier molecular flexibility index (Phi) is 5.95. The lowest BCUT2D eigenvalue weighted by atomic mass is 10.3. The minimum Gasteiger partial charge on any atom is -0.0679 e. The maximum atomic E-state index is 2.45. The molecule has 0 aromatic heterocycles. The third kappa shape index (κ3) is 2.91. The molecule has 0 saturated carbocycles. The van der Waals surface area contributed by atoms with Crippen molar-refractivity contribution in [3.63, 3.8) is 0 Å². The molecule has 0 aliphatic rings. The highest BCUT2D eigenvalue weighted by molar-refractivity contribution is 7.56. The predicted octanol–water partition coefficient (Wildman–Crippen LogP) is 4.74. The van der Waals surface area contributed by atoms with Crippen molar-refractivity contribution in [1.29, 1.82) is 0 Å². The van der Waals surface area contributed by atoms with Crippen molar-refractivity contribution in [2.45, 2.75) is 38.9 Å². The van der Waals surface area contributed by atoms with Gasteiger partial charge in [0.1, 0.15) is 7.59 Å². The fraction of sp³-hybridized carbons (Fsp3) is 0.250. The lowest BCUT2D eigenvalue weighted by molar-refractivity contribution is 1.21.